The Morgan fingerprint density at radius 1 is 1.25 bits per heavy atom. The lowest BCUT2D eigenvalue weighted by Gasteiger charge is -2.12. The molecule has 1 aromatic carbocycles. The highest BCUT2D eigenvalue weighted by atomic mass is 19.1. The minimum Gasteiger partial charge on any atom is -0.380 e. The first kappa shape index (κ1) is 18.0. The molecule has 0 saturated heterocycles. The van der Waals surface area contributed by atoms with Gasteiger partial charge in [0.05, 0.1) is 13.2 Å². The fourth-order valence-corrected chi connectivity index (χ4v) is 2.36. The lowest BCUT2D eigenvalue weighted by molar-refractivity contribution is 0.181. The van der Waals surface area contributed by atoms with Crippen molar-refractivity contribution >= 4 is 5.96 Å². The maximum absolute atomic E-state index is 13.6. The smallest absolute Gasteiger partial charge is 0.191 e. The Hall–Kier alpha value is -2.34. The van der Waals surface area contributed by atoms with E-state index < -0.39 is 0 Å². The summed E-state index contributed by atoms with van der Waals surface area (Å²) in [5, 5.41) is 6.49. The maximum Gasteiger partial charge on any atom is 0.191 e. The standard InChI is InChI=1S/C18H25FN4O/c1-4-20-18(22-11-15-7-8-23(2)12-15)21-10-14-5-6-17(19)16(9-14)13-24-3/h5-9,12H,4,10-11,13H2,1-3H3,(H2,20,21,22). The van der Waals surface area contributed by atoms with Crippen LogP contribution in [0.25, 0.3) is 0 Å². The maximum atomic E-state index is 13.6. The van der Waals surface area contributed by atoms with Gasteiger partial charge in [-0.3, -0.25) is 0 Å². The highest BCUT2D eigenvalue weighted by Gasteiger charge is 2.05. The number of nitrogens with one attached hydrogen (secondary N) is 2. The molecule has 0 unspecified atom stereocenters. The van der Waals surface area contributed by atoms with Crippen molar-refractivity contribution in [2.24, 2.45) is 12.0 Å². The average molecular weight is 332 g/mol. The Morgan fingerprint density at radius 2 is 2.08 bits per heavy atom. The van der Waals surface area contributed by atoms with Crippen LogP contribution in [0.15, 0.2) is 41.7 Å². The zero-order valence-electron chi connectivity index (χ0n) is 14.5. The molecule has 0 saturated carbocycles. The van der Waals surface area contributed by atoms with Gasteiger partial charge in [0.1, 0.15) is 5.82 Å². The second-order valence-electron chi connectivity index (χ2n) is 5.59. The van der Waals surface area contributed by atoms with E-state index in [1.54, 1.807) is 13.2 Å². The van der Waals surface area contributed by atoms with E-state index in [4.69, 9.17) is 4.74 Å². The number of aryl methyl sites for hydroxylation is 1. The Balaban J connectivity index is 1.99. The summed E-state index contributed by atoms with van der Waals surface area (Å²) in [6, 6.07) is 7.10. The molecule has 0 aliphatic rings. The van der Waals surface area contributed by atoms with Crippen molar-refractivity contribution in [3.63, 3.8) is 0 Å². The first-order valence-electron chi connectivity index (χ1n) is 8.01. The predicted molar refractivity (Wildman–Crippen MR) is 94.2 cm³/mol. The van der Waals surface area contributed by atoms with E-state index in [1.165, 1.54) is 6.07 Å². The summed E-state index contributed by atoms with van der Waals surface area (Å²) in [6.45, 7) is 4.24. The van der Waals surface area contributed by atoms with Gasteiger partial charge in [0, 0.05) is 45.2 Å². The van der Waals surface area contributed by atoms with Gasteiger partial charge in [-0.2, -0.15) is 0 Å². The monoisotopic (exact) mass is 332 g/mol. The van der Waals surface area contributed by atoms with E-state index in [0.717, 1.165) is 23.6 Å². The van der Waals surface area contributed by atoms with Gasteiger partial charge in [-0.1, -0.05) is 6.07 Å². The number of hydrogen-bond donors (Lipinski definition) is 2. The van der Waals surface area contributed by atoms with Crippen LogP contribution in [0.1, 0.15) is 23.6 Å². The molecule has 0 atom stereocenters. The summed E-state index contributed by atoms with van der Waals surface area (Å²) in [6.07, 6.45) is 4.05. The molecule has 6 heteroatoms. The summed E-state index contributed by atoms with van der Waals surface area (Å²) in [4.78, 5) is 4.57. The number of ether oxygens (including phenoxy) is 1. The number of nitrogens with zero attached hydrogens (tertiary/aromatic N) is 2. The Bertz CT molecular complexity index is 681. The van der Waals surface area contributed by atoms with Crippen LogP contribution >= 0.6 is 0 Å². The van der Waals surface area contributed by atoms with Crippen LogP contribution in [0.4, 0.5) is 4.39 Å². The van der Waals surface area contributed by atoms with Gasteiger partial charge in [-0.25, -0.2) is 9.38 Å². The molecule has 1 aromatic heterocycles. The van der Waals surface area contributed by atoms with Gasteiger partial charge in [0.2, 0.25) is 0 Å². The molecular weight excluding hydrogens is 307 g/mol. The van der Waals surface area contributed by atoms with E-state index >= 15 is 0 Å². The van der Waals surface area contributed by atoms with Gasteiger partial charge in [0.15, 0.2) is 5.96 Å². The first-order chi connectivity index (χ1) is 11.6. The number of hydrogen-bond acceptors (Lipinski definition) is 2. The molecule has 2 rings (SSSR count). The van der Waals surface area contributed by atoms with Crippen molar-refractivity contribution < 1.29 is 9.13 Å². The van der Waals surface area contributed by atoms with Crippen molar-refractivity contribution in [3.8, 4) is 0 Å². The Kier molecular flexibility index (Phi) is 6.81. The number of aliphatic imine (C=N–C) groups is 1. The van der Waals surface area contributed by atoms with Gasteiger partial charge < -0.3 is 19.9 Å². The number of halogens is 1. The molecule has 2 aromatic rings. The van der Waals surface area contributed by atoms with Crippen molar-refractivity contribution in [1.29, 1.82) is 0 Å². The lowest BCUT2D eigenvalue weighted by Crippen LogP contribution is -2.36. The van der Waals surface area contributed by atoms with Crippen molar-refractivity contribution in [1.82, 2.24) is 15.2 Å². The number of benzene rings is 1. The molecule has 2 N–H and O–H groups in total. The normalized spacial score (nSPS) is 11.6. The summed E-state index contributed by atoms with van der Waals surface area (Å²) >= 11 is 0. The van der Waals surface area contributed by atoms with E-state index in [0.29, 0.717) is 18.7 Å². The third kappa shape index (κ3) is 5.38. The topological polar surface area (TPSA) is 50.6 Å². The molecule has 0 bridgehead atoms. The number of aromatic nitrogens is 1. The Morgan fingerprint density at radius 3 is 2.75 bits per heavy atom. The summed E-state index contributed by atoms with van der Waals surface area (Å²) < 4.78 is 20.7. The quantitative estimate of drug-likeness (QED) is 0.605. The molecule has 0 radical (unpaired) electrons. The summed E-state index contributed by atoms with van der Waals surface area (Å²) in [7, 11) is 3.55. The van der Waals surface area contributed by atoms with Crippen molar-refractivity contribution in [2.75, 3.05) is 13.7 Å². The number of guanidine groups is 1. The third-order valence-electron chi connectivity index (χ3n) is 3.53. The van der Waals surface area contributed by atoms with E-state index in [2.05, 4.69) is 15.6 Å². The fraction of sp³-hybridized carbons (Fsp3) is 0.389. The molecule has 1 heterocycles. The van der Waals surface area contributed by atoms with Gasteiger partial charge in [-0.05, 0) is 36.2 Å². The second kappa shape index (κ2) is 9.08. The molecule has 0 aliphatic heterocycles. The average Bonchev–Trinajstić information content (AvgIpc) is 2.98. The number of rotatable bonds is 7. The molecule has 5 nitrogen and oxygen atoms in total. The van der Waals surface area contributed by atoms with Gasteiger partial charge in [0.25, 0.3) is 0 Å². The van der Waals surface area contributed by atoms with E-state index in [-0.39, 0.29) is 12.4 Å². The summed E-state index contributed by atoms with van der Waals surface area (Å²) in [5.74, 6) is 0.490. The summed E-state index contributed by atoms with van der Waals surface area (Å²) in [5.41, 5.74) is 2.69. The lowest BCUT2D eigenvalue weighted by atomic mass is 10.1. The number of methoxy groups -OCH3 is 1. The zero-order valence-corrected chi connectivity index (χ0v) is 14.5. The van der Waals surface area contributed by atoms with Crippen molar-refractivity contribution in [3.05, 3.63) is 59.2 Å². The van der Waals surface area contributed by atoms with Gasteiger partial charge in [-0.15, -0.1) is 0 Å². The molecule has 0 fully saturated rings. The van der Waals surface area contributed by atoms with Gasteiger partial charge >= 0.3 is 0 Å². The molecule has 0 spiro atoms. The molecule has 130 valence electrons. The van der Waals surface area contributed by atoms with Crippen LogP contribution in [-0.4, -0.2) is 24.2 Å². The highest BCUT2D eigenvalue weighted by molar-refractivity contribution is 5.79. The van der Waals surface area contributed by atoms with Crippen LogP contribution in [-0.2, 0) is 31.5 Å². The third-order valence-corrected chi connectivity index (χ3v) is 3.53. The minimum absolute atomic E-state index is 0.245. The van der Waals surface area contributed by atoms with E-state index in [1.807, 2.05) is 43.1 Å². The fourth-order valence-electron chi connectivity index (χ4n) is 2.36. The highest BCUT2D eigenvalue weighted by Crippen LogP contribution is 2.11. The SMILES string of the molecule is CCNC(=NCc1ccn(C)c1)NCc1ccc(F)c(COC)c1. The second-order valence-corrected chi connectivity index (χ2v) is 5.59. The van der Waals surface area contributed by atoms with Crippen molar-refractivity contribution in [2.45, 2.75) is 26.6 Å². The largest absolute Gasteiger partial charge is 0.380 e. The first-order valence-corrected chi connectivity index (χ1v) is 8.01. The molecular formula is C18H25FN4O. The molecule has 0 amide bonds. The van der Waals surface area contributed by atoms with E-state index in [9.17, 15) is 4.39 Å². The Labute approximate surface area is 142 Å². The van der Waals surface area contributed by atoms with Crippen LogP contribution in [0.2, 0.25) is 0 Å². The van der Waals surface area contributed by atoms with Crippen LogP contribution in [0.5, 0.6) is 0 Å². The van der Waals surface area contributed by atoms with Crippen LogP contribution < -0.4 is 10.6 Å². The van der Waals surface area contributed by atoms with Crippen LogP contribution in [0.3, 0.4) is 0 Å². The zero-order chi connectivity index (χ0) is 17.4. The molecule has 0 aliphatic carbocycles. The predicted octanol–water partition coefficient (Wildman–Crippen LogP) is 2.57. The van der Waals surface area contributed by atoms with Crippen LogP contribution in [0, 0.1) is 5.82 Å². The minimum atomic E-state index is -0.245. The molecule has 24 heavy (non-hydrogen) atoms.